The van der Waals surface area contributed by atoms with Crippen molar-refractivity contribution in [1.29, 1.82) is 0 Å². The van der Waals surface area contributed by atoms with E-state index in [1.54, 1.807) is 36.4 Å². The van der Waals surface area contributed by atoms with Crippen LogP contribution >= 0.6 is 0 Å². The van der Waals surface area contributed by atoms with Crippen molar-refractivity contribution in [3.05, 3.63) is 71.8 Å². The van der Waals surface area contributed by atoms with Gasteiger partial charge in [-0.2, -0.15) is 0 Å². The maximum Gasteiger partial charge on any atom is 0.331 e. The number of nitrogens with one attached hydrogen (secondary N) is 2. The van der Waals surface area contributed by atoms with Gasteiger partial charge in [-0.05, 0) is 43.5 Å². The normalized spacial score (nSPS) is 18.4. The average Bonchev–Trinajstić information content (AvgIpc) is 3.09. The SMILES string of the molecule is O=C(NCCCC[C@@]1(NC(=O)c2ccccc2)CCOC1=O)c1ccccc1. The number of rotatable bonds is 8. The maximum atomic E-state index is 12.5. The smallest absolute Gasteiger partial charge is 0.331 e. The summed E-state index contributed by atoms with van der Waals surface area (Å²) in [7, 11) is 0. The maximum absolute atomic E-state index is 12.5. The second-order valence-electron chi connectivity index (χ2n) is 6.87. The second-order valence-corrected chi connectivity index (χ2v) is 6.87. The Bertz CT molecular complexity index is 823. The van der Waals surface area contributed by atoms with Crippen molar-refractivity contribution in [3.8, 4) is 0 Å². The Labute approximate surface area is 164 Å². The van der Waals surface area contributed by atoms with Crippen LogP contribution in [0.4, 0.5) is 0 Å². The summed E-state index contributed by atoms with van der Waals surface area (Å²) < 4.78 is 5.14. The van der Waals surface area contributed by atoms with E-state index < -0.39 is 5.54 Å². The fourth-order valence-corrected chi connectivity index (χ4v) is 3.29. The van der Waals surface area contributed by atoms with Gasteiger partial charge in [0.2, 0.25) is 0 Å². The van der Waals surface area contributed by atoms with Crippen LogP contribution < -0.4 is 10.6 Å². The molecule has 0 unspecified atom stereocenters. The lowest BCUT2D eigenvalue weighted by atomic mass is 9.90. The van der Waals surface area contributed by atoms with Crippen LogP contribution in [-0.2, 0) is 9.53 Å². The van der Waals surface area contributed by atoms with Gasteiger partial charge in [0.25, 0.3) is 11.8 Å². The minimum atomic E-state index is -0.990. The van der Waals surface area contributed by atoms with Crippen molar-refractivity contribution in [2.45, 2.75) is 31.2 Å². The molecule has 6 heteroatoms. The number of cyclic esters (lactones) is 1. The first-order chi connectivity index (χ1) is 13.6. The summed E-state index contributed by atoms with van der Waals surface area (Å²) >= 11 is 0. The highest BCUT2D eigenvalue weighted by Gasteiger charge is 2.45. The van der Waals surface area contributed by atoms with Crippen LogP contribution in [0.3, 0.4) is 0 Å². The molecule has 6 nitrogen and oxygen atoms in total. The number of amides is 2. The van der Waals surface area contributed by atoms with E-state index in [1.807, 2.05) is 24.3 Å². The van der Waals surface area contributed by atoms with Crippen molar-refractivity contribution in [1.82, 2.24) is 10.6 Å². The molecule has 0 radical (unpaired) electrons. The summed E-state index contributed by atoms with van der Waals surface area (Å²) in [6.45, 7) is 0.810. The summed E-state index contributed by atoms with van der Waals surface area (Å²) in [5, 5.41) is 5.76. The molecular formula is C22H24N2O4. The molecule has 146 valence electrons. The van der Waals surface area contributed by atoms with Crippen LogP contribution in [0.5, 0.6) is 0 Å². The lowest BCUT2D eigenvalue weighted by molar-refractivity contribution is -0.143. The van der Waals surface area contributed by atoms with Gasteiger partial charge >= 0.3 is 5.97 Å². The summed E-state index contributed by atoms with van der Waals surface area (Å²) in [5.41, 5.74) is 0.140. The molecule has 2 aromatic carbocycles. The van der Waals surface area contributed by atoms with Gasteiger partial charge in [0.15, 0.2) is 0 Å². The van der Waals surface area contributed by atoms with Gasteiger partial charge in [0.05, 0.1) is 6.61 Å². The van der Waals surface area contributed by atoms with Crippen LogP contribution in [0, 0.1) is 0 Å². The quantitative estimate of drug-likeness (QED) is 0.545. The predicted octanol–water partition coefficient (Wildman–Crippen LogP) is 2.70. The molecule has 3 rings (SSSR count). The molecule has 2 amide bonds. The van der Waals surface area contributed by atoms with Gasteiger partial charge in [0, 0.05) is 24.1 Å². The number of ether oxygens (including phenoxy) is 1. The topological polar surface area (TPSA) is 84.5 Å². The third-order valence-electron chi connectivity index (χ3n) is 4.89. The molecule has 0 bridgehead atoms. The molecule has 1 atom stereocenters. The molecule has 0 aliphatic carbocycles. The van der Waals surface area contributed by atoms with Crippen LogP contribution in [0.15, 0.2) is 60.7 Å². The van der Waals surface area contributed by atoms with Gasteiger partial charge < -0.3 is 15.4 Å². The Kier molecular flexibility index (Phi) is 6.42. The van der Waals surface area contributed by atoms with E-state index in [1.165, 1.54) is 0 Å². The highest BCUT2D eigenvalue weighted by molar-refractivity contribution is 5.98. The molecular weight excluding hydrogens is 356 g/mol. The Balaban J connectivity index is 1.50. The van der Waals surface area contributed by atoms with Gasteiger partial charge in [-0.25, -0.2) is 4.79 Å². The molecule has 28 heavy (non-hydrogen) atoms. The zero-order valence-electron chi connectivity index (χ0n) is 15.6. The van der Waals surface area contributed by atoms with E-state index in [-0.39, 0.29) is 17.8 Å². The molecule has 0 aromatic heterocycles. The minimum Gasteiger partial charge on any atom is -0.464 e. The first kappa shape index (κ1) is 19.6. The largest absolute Gasteiger partial charge is 0.464 e. The van der Waals surface area contributed by atoms with E-state index in [0.29, 0.717) is 50.0 Å². The number of carbonyl (C=O) groups excluding carboxylic acids is 3. The fraction of sp³-hybridized carbons (Fsp3) is 0.318. The van der Waals surface area contributed by atoms with E-state index in [4.69, 9.17) is 4.74 Å². The van der Waals surface area contributed by atoms with Crippen LogP contribution in [0.2, 0.25) is 0 Å². The Morgan fingerprint density at radius 3 is 2.07 bits per heavy atom. The highest BCUT2D eigenvalue weighted by atomic mass is 16.5. The molecule has 0 spiro atoms. The van der Waals surface area contributed by atoms with E-state index in [2.05, 4.69) is 10.6 Å². The molecule has 1 aliphatic heterocycles. The molecule has 1 aliphatic rings. The molecule has 1 saturated heterocycles. The molecule has 2 aromatic rings. The minimum absolute atomic E-state index is 0.118. The van der Waals surface area contributed by atoms with Gasteiger partial charge in [-0.3, -0.25) is 9.59 Å². The predicted molar refractivity (Wildman–Crippen MR) is 105 cm³/mol. The monoisotopic (exact) mass is 380 g/mol. The summed E-state index contributed by atoms with van der Waals surface area (Å²) in [5.74, 6) is -0.782. The summed E-state index contributed by atoms with van der Waals surface area (Å²) in [6, 6.07) is 17.8. The van der Waals surface area contributed by atoms with Gasteiger partial charge in [-0.1, -0.05) is 36.4 Å². The van der Waals surface area contributed by atoms with E-state index in [9.17, 15) is 14.4 Å². The van der Waals surface area contributed by atoms with E-state index >= 15 is 0 Å². The second kappa shape index (κ2) is 9.17. The molecule has 2 N–H and O–H groups in total. The van der Waals surface area contributed by atoms with Crippen molar-refractivity contribution in [2.24, 2.45) is 0 Å². The zero-order chi connectivity index (χ0) is 19.8. The highest BCUT2D eigenvalue weighted by Crippen LogP contribution is 2.27. The first-order valence-electron chi connectivity index (χ1n) is 9.49. The van der Waals surface area contributed by atoms with Crippen LogP contribution in [0.25, 0.3) is 0 Å². The van der Waals surface area contributed by atoms with Gasteiger partial charge in [-0.15, -0.1) is 0 Å². The Morgan fingerprint density at radius 2 is 1.50 bits per heavy atom. The molecule has 1 heterocycles. The lowest BCUT2D eigenvalue weighted by Gasteiger charge is -2.26. The van der Waals surface area contributed by atoms with Gasteiger partial charge in [0.1, 0.15) is 5.54 Å². The molecule has 1 fully saturated rings. The van der Waals surface area contributed by atoms with Crippen molar-refractivity contribution < 1.29 is 19.1 Å². The van der Waals surface area contributed by atoms with E-state index in [0.717, 1.165) is 0 Å². The number of benzene rings is 2. The van der Waals surface area contributed by atoms with Crippen LogP contribution in [-0.4, -0.2) is 36.5 Å². The number of esters is 1. The number of hydrogen-bond acceptors (Lipinski definition) is 4. The lowest BCUT2D eigenvalue weighted by Crippen LogP contribution is -2.52. The summed E-state index contributed by atoms with van der Waals surface area (Å²) in [6.07, 6.45) is 2.32. The fourth-order valence-electron chi connectivity index (χ4n) is 3.29. The van der Waals surface area contributed by atoms with Crippen molar-refractivity contribution >= 4 is 17.8 Å². The number of carbonyl (C=O) groups is 3. The average molecular weight is 380 g/mol. The Morgan fingerprint density at radius 1 is 0.893 bits per heavy atom. The summed E-state index contributed by atoms with van der Waals surface area (Å²) in [4.78, 5) is 36.9. The number of hydrogen-bond donors (Lipinski definition) is 2. The molecule has 0 saturated carbocycles. The third-order valence-corrected chi connectivity index (χ3v) is 4.89. The zero-order valence-corrected chi connectivity index (χ0v) is 15.6. The standard InChI is InChI=1S/C22H24N2O4/c25-19(17-9-3-1-4-10-17)23-15-8-7-13-22(14-16-28-21(22)27)24-20(26)18-11-5-2-6-12-18/h1-6,9-12H,7-8,13-16H2,(H,23,25)(H,24,26)/t22-/m1/s1. The van der Waals surface area contributed by atoms with Crippen molar-refractivity contribution in [2.75, 3.05) is 13.2 Å². The van der Waals surface area contributed by atoms with Crippen molar-refractivity contribution in [3.63, 3.8) is 0 Å². The Hall–Kier alpha value is -3.15. The third kappa shape index (κ3) is 4.76. The number of unbranched alkanes of at least 4 members (excludes halogenated alkanes) is 1. The van der Waals surface area contributed by atoms with Crippen LogP contribution in [0.1, 0.15) is 46.4 Å². The first-order valence-corrected chi connectivity index (χ1v) is 9.49.